The van der Waals surface area contributed by atoms with Gasteiger partial charge in [0.1, 0.15) is 12.3 Å². The van der Waals surface area contributed by atoms with Gasteiger partial charge in [-0.2, -0.15) is 0 Å². The second kappa shape index (κ2) is 7.25. The molecule has 1 amide bonds. The average Bonchev–Trinajstić information content (AvgIpc) is 2.93. The number of nitrogens with one attached hydrogen (secondary N) is 1. The number of halogens is 2. The van der Waals surface area contributed by atoms with Gasteiger partial charge in [-0.1, -0.05) is 23.2 Å². The third-order valence-electron chi connectivity index (χ3n) is 2.86. The fraction of sp³-hybridized carbons (Fsp3) is 0.214. The average molecular weight is 377 g/mol. The fourth-order valence-corrected chi connectivity index (χ4v) is 3.22. The topological polar surface area (TPSA) is 79.6 Å². The molecule has 0 aliphatic heterocycles. The zero-order valence-corrected chi connectivity index (χ0v) is 14.5. The maximum atomic E-state index is 12.0. The first-order valence-electron chi connectivity index (χ1n) is 6.48. The van der Waals surface area contributed by atoms with E-state index < -0.39 is 22.5 Å². The van der Waals surface area contributed by atoms with Crippen LogP contribution in [0.15, 0.2) is 41.0 Å². The molecule has 1 aromatic carbocycles. The Balaban J connectivity index is 2.14. The molecule has 0 aliphatic rings. The van der Waals surface area contributed by atoms with Crippen molar-refractivity contribution >= 4 is 44.8 Å². The number of hydrogen-bond acceptors (Lipinski definition) is 4. The SMILES string of the molecule is CS(=O)(=O)N(CC(=O)NCc1ccco1)c1cc(Cl)cc(Cl)c1. The smallest absolute Gasteiger partial charge is 0.241 e. The van der Waals surface area contributed by atoms with Gasteiger partial charge >= 0.3 is 0 Å². The normalized spacial score (nSPS) is 11.3. The second-order valence-corrected chi connectivity index (χ2v) is 7.53. The Morgan fingerprint density at radius 1 is 1.26 bits per heavy atom. The van der Waals surface area contributed by atoms with Crippen LogP contribution in [-0.4, -0.2) is 27.1 Å². The first kappa shape index (κ1) is 17.7. The van der Waals surface area contributed by atoms with Gasteiger partial charge in [0.2, 0.25) is 15.9 Å². The molecule has 0 saturated heterocycles. The first-order chi connectivity index (χ1) is 10.8. The number of amides is 1. The Morgan fingerprint density at radius 3 is 2.43 bits per heavy atom. The lowest BCUT2D eigenvalue weighted by Gasteiger charge is -2.22. The van der Waals surface area contributed by atoms with Crippen LogP contribution in [0.25, 0.3) is 0 Å². The van der Waals surface area contributed by atoms with E-state index in [0.717, 1.165) is 10.6 Å². The van der Waals surface area contributed by atoms with Crippen LogP contribution >= 0.6 is 23.2 Å². The van der Waals surface area contributed by atoms with Gasteiger partial charge in [0.05, 0.1) is 24.8 Å². The van der Waals surface area contributed by atoms with Crippen LogP contribution in [0.3, 0.4) is 0 Å². The zero-order chi connectivity index (χ0) is 17.0. The summed E-state index contributed by atoms with van der Waals surface area (Å²) in [6.07, 6.45) is 2.49. The van der Waals surface area contributed by atoms with Gasteiger partial charge in [0.25, 0.3) is 0 Å². The summed E-state index contributed by atoms with van der Waals surface area (Å²) >= 11 is 11.8. The van der Waals surface area contributed by atoms with Crippen LogP contribution < -0.4 is 9.62 Å². The summed E-state index contributed by atoms with van der Waals surface area (Å²) in [6.45, 7) is -0.226. The van der Waals surface area contributed by atoms with E-state index in [1.54, 1.807) is 12.1 Å². The predicted molar refractivity (Wildman–Crippen MR) is 89.2 cm³/mol. The zero-order valence-electron chi connectivity index (χ0n) is 12.1. The minimum Gasteiger partial charge on any atom is -0.467 e. The van der Waals surface area contributed by atoms with Gasteiger partial charge in [0.15, 0.2) is 0 Å². The molecule has 0 bridgehead atoms. The molecule has 2 aromatic rings. The molecule has 1 heterocycles. The molecule has 0 radical (unpaired) electrons. The Bertz CT molecular complexity index is 771. The Morgan fingerprint density at radius 2 is 1.91 bits per heavy atom. The quantitative estimate of drug-likeness (QED) is 0.840. The van der Waals surface area contributed by atoms with Gasteiger partial charge < -0.3 is 9.73 Å². The van der Waals surface area contributed by atoms with E-state index in [1.807, 2.05) is 0 Å². The van der Waals surface area contributed by atoms with Crippen molar-refractivity contribution in [2.24, 2.45) is 0 Å². The molecular weight excluding hydrogens is 363 g/mol. The standard InChI is InChI=1S/C14H14Cl2N2O4S/c1-23(20,21)18(12-6-10(15)5-11(16)7-12)9-14(19)17-8-13-3-2-4-22-13/h2-7H,8-9H2,1H3,(H,17,19). The molecule has 23 heavy (non-hydrogen) atoms. The van der Waals surface area contributed by atoms with Crippen LogP contribution in [-0.2, 0) is 21.4 Å². The highest BCUT2D eigenvalue weighted by Crippen LogP contribution is 2.26. The van der Waals surface area contributed by atoms with Gasteiger partial charge in [-0.3, -0.25) is 9.10 Å². The monoisotopic (exact) mass is 376 g/mol. The van der Waals surface area contributed by atoms with E-state index in [-0.39, 0.29) is 22.3 Å². The molecular formula is C14H14Cl2N2O4S. The molecule has 0 atom stereocenters. The Hall–Kier alpha value is -1.70. The molecule has 0 unspecified atom stereocenters. The molecule has 9 heteroatoms. The minimum atomic E-state index is -3.69. The van der Waals surface area contributed by atoms with Crippen LogP contribution in [0, 0.1) is 0 Å². The van der Waals surface area contributed by atoms with Gasteiger partial charge in [-0.05, 0) is 30.3 Å². The Labute approximate surface area is 144 Å². The molecule has 0 aliphatic carbocycles. The number of hydrogen-bond donors (Lipinski definition) is 1. The van der Waals surface area contributed by atoms with Gasteiger partial charge in [-0.25, -0.2) is 8.42 Å². The van der Waals surface area contributed by atoms with Crippen molar-refractivity contribution in [1.82, 2.24) is 5.32 Å². The summed E-state index contributed by atoms with van der Waals surface area (Å²) in [5.74, 6) is 0.0815. The van der Waals surface area contributed by atoms with Crippen molar-refractivity contribution in [3.63, 3.8) is 0 Å². The van der Waals surface area contributed by atoms with E-state index in [4.69, 9.17) is 27.6 Å². The molecule has 124 valence electrons. The minimum absolute atomic E-state index is 0.166. The van der Waals surface area contributed by atoms with Crippen LogP contribution in [0.2, 0.25) is 10.0 Å². The molecule has 2 rings (SSSR count). The van der Waals surface area contributed by atoms with Crippen molar-refractivity contribution in [2.45, 2.75) is 6.54 Å². The van der Waals surface area contributed by atoms with E-state index in [1.165, 1.54) is 24.5 Å². The number of furan rings is 1. The lowest BCUT2D eigenvalue weighted by molar-refractivity contribution is -0.119. The highest BCUT2D eigenvalue weighted by molar-refractivity contribution is 7.92. The van der Waals surface area contributed by atoms with Gasteiger partial charge in [0, 0.05) is 10.0 Å². The van der Waals surface area contributed by atoms with Crippen molar-refractivity contribution < 1.29 is 17.6 Å². The third kappa shape index (κ3) is 5.16. The van der Waals surface area contributed by atoms with E-state index >= 15 is 0 Å². The molecule has 0 spiro atoms. The lowest BCUT2D eigenvalue weighted by atomic mass is 10.3. The highest BCUT2D eigenvalue weighted by Gasteiger charge is 2.21. The summed E-state index contributed by atoms with van der Waals surface area (Å²) in [7, 11) is -3.69. The van der Waals surface area contributed by atoms with Crippen molar-refractivity contribution in [3.05, 3.63) is 52.4 Å². The maximum Gasteiger partial charge on any atom is 0.241 e. The highest BCUT2D eigenvalue weighted by atomic mass is 35.5. The fourth-order valence-electron chi connectivity index (χ4n) is 1.87. The van der Waals surface area contributed by atoms with Crippen molar-refractivity contribution in [3.8, 4) is 0 Å². The molecule has 0 saturated carbocycles. The number of benzene rings is 1. The molecule has 1 N–H and O–H groups in total. The number of rotatable bonds is 6. The number of nitrogens with zero attached hydrogens (tertiary/aromatic N) is 1. The van der Waals surface area contributed by atoms with Crippen molar-refractivity contribution in [1.29, 1.82) is 0 Å². The maximum absolute atomic E-state index is 12.0. The molecule has 0 fully saturated rings. The number of carbonyl (C=O) groups excluding carboxylic acids is 1. The van der Waals surface area contributed by atoms with Crippen LogP contribution in [0.5, 0.6) is 0 Å². The Kier molecular flexibility index (Phi) is 5.56. The number of carbonyl (C=O) groups is 1. The third-order valence-corrected chi connectivity index (χ3v) is 4.44. The van der Waals surface area contributed by atoms with Gasteiger partial charge in [-0.15, -0.1) is 0 Å². The molecule has 1 aromatic heterocycles. The summed E-state index contributed by atoms with van der Waals surface area (Å²) < 4.78 is 30.0. The van der Waals surface area contributed by atoms with E-state index in [0.29, 0.717) is 5.76 Å². The number of sulfonamides is 1. The predicted octanol–water partition coefficient (Wildman–Crippen LogP) is 2.67. The summed E-state index contributed by atoms with van der Waals surface area (Å²) in [6, 6.07) is 7.72. The van der Waals surface area contributed by atoms with E-state index in [2.05, 4.69) is 5.32 Å². The summed E-state index contributed by atoms with van der Waals surface area (Å²) in [4.78, 5) is 12.0. The largest absolute Gasteiger partial charge is 0.467 e. The van der Waals surface area contributed by atoms with Crippen LogP contribution in [0.1, 0.15) is 5.76 Å². The summed E-state index contributed by atoms with van der Waals surface area (Å²) in [5, 5.41) is 3.13. The second-order valence-electron chi connectivity index (χ2n) is 4.75. The number of anilines is 1. The van der Waals surface area contributed by atoms with Crippen LogP contribution in [0.4, 0.5) is 5.69 Å². The molecule has 6 nitrogen and oxygen atoms in total. The van der Waals surface area contributed by atoms with Crippen molar-refractivity contribution in [2.75, 3.05) is 17.1 Å². The van der Waals surface area contributed by atoms with E-state index in [9.17, 15) is 13.2 Å². The summed E-state index contributed by atoms with van der Waals surface area (Å²) in [5.41, 5.74) is 0.221. The first-order valence-corrected chi connectivity index (χ1v) is 9.09. The lowest BCUT2D eigenvalue weighted by Crippen LogP contribution is -2.40.